The zero-order chi connectivity index (χ0) is 11.5. The summed E-state index contributed by atoms with van der Waals surface area (Å²) in [7, 11) is 0. The average Bonchev–Trinajstić information content (AvgIpc) is 2.81. The van der Waals surface area contributed by atoms with Gasteiger partial charge >= 0.3 is 6.09 Å². The van der Waals surface area contributed by atoms with Gasteiger partial charge in [-0.1, -0.05) is 0 Å². The van der Waals surface area contributed by atoms with Gasteiger partial charge in [-0.05, 0) is 46.0 Å². The lowest BCUT2D eigenvalue weighted by atomic mass is 10.2. The Hall–Kier alpha value is -0.770. The molecule has 0 spiro atoms. The number of hydrogen-bond acceptors (Lipinski definition) is 3. The van der Waals surface area contributed by atoms with Crippen LogP contribution >= 0.6 is 0 Å². The van der Waals surface area contributed by atoms with E-state index in [-0.39, 0.29) is 6.10 Å². The molecule has 0 aromatic rings. The first-order chi connectivity index (χ1) is 6.88. The molecular formula is C11H21NO3. The van der Waals surface area contributed by atoms with E-state index in [4.69, 9.17) is 4.74 Å². The number of hydrogen-bond donors (Lipinski definition) is 2. The third-order valence-corrected chi connectivity index (χ3v) is 2.27. The highest BCUT2D eigenvalue weighted by atomic mass is 16.6. The lowest BCUT2D eigenvalue weighted by Crippen LogP contribution is -2.34. The molecule has 0 radical (unpaired) electrons. The van der Waals surface area contributed by atoms with Gasteiger partial charge in [-0.25, -0.2) is 4.79 Å². The molecule has 0 aliphatic heterocycles. The fourth-order valence-corrected chi connectivity index (χ4v) is 1.35. The van der Waals surface area contributed by atoms with Crippen LogP contribution in [0.3, 0.4) is 0 Å². The van der Waals surface area contributed by atoms with E-state index in [0.29, 0.717) is 18.9 Å². The topological polar surface area (TPSA) is 58.6 Å². The van der Waals surface area contributed by atoms with Crippen LogP contribution in [-0.2, 0) is 4.74 Å². The van der Waals surface area contributed by atoms with Crippen molar-refractivity contribution in [2.24, 2.45) is 5.92 Å². The summed E-state index contributed by atoms with van der Waals surface area (Å²) < 4.78 is 5.06. The van der Waals surface area contributed by atoms with Crippen molar-refractivity contribution in [1.82, 2.24) is 5.32 Å². The summed E-state index contributed by atoms with van der Waals surface area (Å²) in [5.74, 6) is 0.463. The number of nitrogens with one attached hydrogen (secondary N) is 1. The Kier molecular flexibility index (Phi) is 3.97. The number of alkyl carbamates (subject to hydrolysis) is 1. The van der Waals surface area contributed by atoms with Crippen LogP contribution in [0.1, 0.15) is 40.0 Å². The first-order valence-corrected chi connectivity index (χ1v) is 5.53. The number of carbonyl (C=O) groups excluding carboxylic acids is 1. The SMILES string of the molecule is CC(C)(C)OC(=O)NCC[C@H](O)C1CC1. The number of amides is 1. The standard InChI is InChI=1S/C11H21NO3/c1-11(2,3)15-10(14)12-7-6-9(13)8-4-5-8/h8-9,13H,4-7H2,1-3H3,(H,12,14)/t9-/m0/s1. The molecule has 1 aliphatic rings. The molecule has 0 heterocycles. The van der Waals surface area contributed by atoms with E-state index < -0.39 is 11.7 Å². The van der Waals surface area contributed by atoms with Crippen molar-refractivity contribution in [3.05, 3.63) is 0 Å². The monoisotopic (exact) mass is 215 g/mol. The van der Waals surface area contributed by atoms with Gasteiger partial charge < -0.3 is 15.2 Å². The molecule has 0 aromatic carbocycles. The molecule has 1 fully saturated rings. The predicted octanol–water partition coefficient (Wildman–Crippen LogP) is 1.67. The van der Waals surface area contributed by atoms with Gasteiger partial charge in [0, 0.05) is 6.54 Å². The molecule has 0 unspecified atom stereocenters. The van der Waals surface area contributed by atoms with Crippen molar-refractivity contribution < 1.29 is 14.6 Å². The van der Waals surface area contributed by atoms with Gasteiger partial charge in [0.05, 0.1) is 6.10 Å². The summed E-state index contributed by atoms with van der Waals surface area (Å²) in [5.41, 5.74) is -0.459. The van der Waals surface area contributed by atoms with Crippen molar-refractivity contribution >= 4 is 6.09 Å². The van der Waals surface area contributed by atoms with Crippen LogP contribution in [0.15, 0.2) is 0 Å². The second-order valence-electron chi connectivity index (χ2n) is 5.12. The molecular weight excluding hydrogens is 194 g/mol. The van der Waals surface area contributed by atoms with E-state index in [0.717, 1.165) is 12.8 Å². The Labute approximate surface area is 91.0 Å². The molecule has 88 valence electrons. The smallest absolute Gasteiger partial charge is 0.407 e. The highest BCUT2D eigenvalue weighted by Gasteiger charge is 2.29. The van der Waals surface area contributed by atoms with E-state index in [1.807, 2.05) is 20.8 Å². The minimum Gasteiger partial charge on any atom is -0.444 e. The molecule has 15 heavy (non-hydrogen) atoms. The van der Waals surface area contributed by atoms with Crippen molar-refractivity contribution in [3.63, 3.8) is 0 Å². The third kappa shape index (κ3) is 5.62. The van der Waals surface area contributed by atoms with Gasteiger partial charge in [0.25, 0.3) is 0 Å². The number of rotatable bonds is 4. The second-order valence-corrected chi connectivity index (χ2v) is 5.12. The van der Waals surface area contributed by atoms with Crippen molar-refractivity contribution in [1.29, 1.82) is 0 Å². The minimum atomic E-state index is -0.459. The van der Waals surface area contributed by atoms with E-state index in [9.17, 15) is 9.90 Å². The fourth-order valence-electron chi connectivity index (χ4n) is 1.35. The quantitative estimate of drug-likeness (QED) is 0.750. The lowest BCUT2D eigenvalue weighted by molar-refractivity contribution is 0.0515. The summed E-state index contributed by atoms with van der Waals surface area (Å²) in [5, 5.41) is 12.2. The minimum absolute atomic E-state index is 0.264. The molecule has 4 nitrogen and oxygen atoms in total. The molecule has 1 aliphatic carbocycles. The summed E-state index contributed by atoms with van der Waals surface area (Å²) in [6, 6.07) is 0. The highest BCUT2D eigenvalue weighted by Crippen LogP contribution is 2.33. The average molecular weight is 215 g/mol. The molecule has 2 N–H and O–H groups in total. The zero-order valence-electron chi connectivity index (χ0n) is 9.75. The van der Waals surface area contributed by atoms with E-state index in [1.54, 1.807) is 0 Å². The number of carbonyl (C=O) groups is 1. The Morgan fingerprint density at radius 1 is 1.53 bits per heavy atom. The van der Waals surface area contributed by atoms with Crippen LogP contribution in [0.4, 0.5) is 4.79 Å². The predicted molar refractivity (Wildman–Crippen MR) is 57.6 cm³/mol. The van der Waals surface area contributed by atoms with Crippen LogP contribution in [-0.4, -0.2) is 29.4 Å². The highest BCUT2D eigenvalue weighted by molar-refractivity contribution is 5.67. The maximum atomic E-state index is 11.2. The largest absolute Gasteiger partial charge is 0.444 e. The van der Waals surface area contributed by atoms with Crippen LogP contribution in [0.5, 0.6) is 0 Å². The molecule has 0 saturated heterocycles. The van der Waals surface area contributed by atoms with Gasteiger partial charge in [0.1, 0.15) is 5.60 Å². The fraction of sp³-hybridized carbons (Fsp3) is 0.909. The lowest BCUT2D eigenvalue weighted by Gasteiger charge is -2.20. The van der Waals surface area contributed by atoms with Gasteiger partial charge in [0.15, 0.2) is 0 Å². The van der Waals surface area contributed by atoms with Crippen molar-refractivity contribution in [3.8, 4) is 0 Å². The van der Waals surface area contributed by atoms with Crippen molar-refractivity contribution in [2.75, 3.05) is 6.54 Å². The molecule has 1 rings (SSSR count). The van der Waals surface area contributed by atoms with Crippen molar-refractivity contribution in [2.45, 2.75) is 51.7 Å². The Balaban J connectivity index is 2.06. The second kappa shape index (κ2) is 4.84. The summed E-state index contributed by atoms with van der Waals surface area (Å²) >= 11 is 0. The first-order valence-electron chi connectivity index (χ1n) is 5.53. The number of aliphatic hydroxyl groups excluding tert-OH is 1. The Bertz CT molecular complexity index is 218. The summed E-state index contributed by atoms with van der Waals surface area (Å²) in [6.45, 7) is 5.95. The molecule has 0 bridgehead atoms. The van der Waals surface area contributed by atoms with Gasteiger partial charge in [-0.2, -0.15) is 0 Å². The van der Waals surface area contributed by atoms with Crippen LogP contribution in [0.2, 0.25) is 0 Å². The van der Waals surface area contributed by atoms with E-state index in [2.05, 4.69) is 5.32 Å². The first kappa shape index (κ1) is 12.3. The molecule has 0 aromatic heterocycles. The number of ether oxygens (including phenoxy) is 1. The zero-order valence-corrected chi connectivity index (χ0v) is 9.75. The molecule has 1 amide bonds. The third-order valence-electron chi connectivity index (χ3n) is 2.27. The van der Waals surface area contributed by atoms with Gasteiger partial charge in [-0.15, -0.1) is 0 Å². The normalized spacial score (nSPS) is 18.4. The van der Waals surface area contributed by atoms with Gasteiger partial charge in [0.2, 0.25) is 0 Å². The van der Waals surface area contributed by atoms with E-state index in [1.165, 1.54) is 0 Å². The number of aliphatic hydroxyl groups is 1. The summed E-state index contributed by atoms with van der Waals surface area (Å²) in [4.78, 5) is 11.2. The molecule has 1 saturated carbocycles. The maximum absolute atomic E-state index is 11.2. The maximum Gasteiger partial charge on any atom is 0.407 e. The van der Waals surface area contributed by atoms with Crippen LogP contribution in [0, 0.1) is 5.92 Å². The van der Waals surface area contributed by atoms with Gasteiger partial charge in [-0.3, -0.25) is 0 Å². The van der Waals surface area contributed by atoms with Crippen LogP contribution in [0.25, 0.3) is 0 Å². The molecule has 4 heteroatoms. The molecule has 1 atom stereocenters. The van der Waals surface area contributed by atoms with Crippen LogP contribution < -0.4 is 5.32 Å². The van der Waals surface area contributed by atoms with E-state index >= 15 is 0 Å². The summed E-state index contributed by atoms with van der Waals surface area (Å²) in [6.07, 6.45) is 2.18. The Morgan fingerprint density at radius 3 is 2.60 bits per heavy atom. The Morgan fingerprint density at radius 2 is 2.13 bits per heavy atom.